The van der Waals surface area contributed by atoms with E-state index in [-0.39, 0.29) is 6.04 Å². The molecular weight excluding hydrogens is 366 g/mol. The molecule has 1 fully saturated rings. The van der Waals surface area contributed by atoms with Crippen molar-refractivity contribution >= 4 is 0 Å². The van der Waals surface area contributed by atoms with E-state index in [1.165, 1.54) is 11.1 Å². The summed E-state index contributed by atoms with van der Waals surface area (Å²) in [5.41, 5.74) is 2.72. The van der Waals surface area contributed by atoms with Crippen LogP contribution >= 0.6 is 0 Å². The van der Waals surface area contributed by atoms with Gasteiger partial charge in [0.15, 0.2) is 5.82 Å². The predicted molar refractivity (Wildman–Crippen MR) is 109 cm³/mol. The SMILES string of the molecule is COc1ccc2c(c1)[C@]1(C)CCN(C)[C@H](C2)C1(O)c1cccc(-c2nnn[nH]2)c1. The summed E-state index contributed by atoms with van der Waals surface area (Å²) < 4.78 is 5.51. The lowest BCUT2D eigenvalue weighted by molar-refractivity contribution is -0.141. The fourth-order valence-electron chi connectivity index (χ4n) is 5.36. The molecule has 2 bridgehead atoms. The van der Waals surface area contributed by atoms with Gasteiger partial charge in [0.25, 0.3) is 0 Å². The number of piperidine rings is 1. The van der Waals surface area contributed by atoms with Crippen LogP contribution in [0.4, 0.5) is 0 Å². The zero-order chi connectivity index (χ0) is 20.2. The Morgan fingerprint density at radius 3 is 2.86 bits per heavy atom. The van der Waals surface area contributed by atoms with Crippen molar-refractivity contribution in [2.45, 2.75) is 36.8 Å². The Morgan fingerprint density at radius 1 is 1.24 bits per heavy atom. The monoisotopic (exact) mass is 391 g/mol. The molecule has 5 rings (SSSR count). The second-order valence-electron chi connectivity index (χ2n) is 8.40. The minimum absolute atomic E-state index is 0.0229. The standard InChI is InChI=1S/C22H25N5O2/c1-21-9-10-27(2)19(12-14-7-8-17(29-3)13-18(14)21)22(21,28)16-6-4-5-15(11-16)20-23-25-26-24-20/h4-8,11,13,19,28H,9-10,12H2,1-3H3,(H,23,24,25,26)/t19-,21+,22?/m1/s1. The third-order valence-corrected chi connectivity index (χ3v) is 7.07. The molecule has 2 aliphatic rings. The molecule has 1 aromatic heterocycles. The summed E-state index contributed by atoms with van der Waals surface area (Å²) in [6.45, 7) is 3.12. The lowest BCUT2D eigenvalue weighted by Crippen LogP contribution is -2.67. The summed E-state index contributed by atoms with van der Waals surface area (Å²) in [5, 5.41) is 26.7. The van der Waals surface area contributed by atoms with Crippen molar-refractivity contribution in [1.82, 2.24) is 25.5 Å². The normalized spacial score (nSPS) is 28.8. The Labute approximate surface area is 169 Å². The molecule has 3 aromatic rings. The van der Waals surface area contributed by atoms with Gasteiger partial charge in [0, 0.05) is 17.0 Å². The predicted octanol–water partition coefficient (Wildman–Crippen LogP) is 2.28. The van der Waals surface area contributed by atoms with Gasteiger partial charge in [0.1, 0.15) is 11.4 Å². The highest BCUT2D eigenvalue weighted by Crippen LogP contribution is 2.56. The number of hydrogen-bond donors (Lipinski definition) is 2. The van der Waals surface area contributed by atoms with Crippen LogP contribution in [0.1, 0.15) is 30.0 Å². The van der Waals surface area contributed by atoms with Crippen LogP contribution < -0.4 is 4.74 Å². The molecule has 3 atom stereocenters. The van der Waals surface area contributed by atoms with Gasteiger partial charge in [-0.25, -0.2) is 5.10 Å². The van der Waals surface area contributed by atoms with E-state index in [1.807, 2.05) is 30.3 Å². The number of tetrazole rings is 1. The number of ether oxygens (including phenoxy) is 1. The van der Waals surface area contributed by atoms with Gasteiger partial charge in [-0.1, -0.05) is 31.2 Å². The molecule has 1 aliphatic carbocycles. The molecule has 2 aromatic carbocycles. The van der Waals surface area contributed by atoms with Crippen LogP contribution in [0.2, 0.25) is 0 Å². The van der Waals surface area contributed by atoms with Crippen molar-refractivity contribution in [2.24, 2.45) is 0 Å². The number of aromatic amines is 1. The highest BCUT2D eigenvalue weighted by molar-refractivity contribution is 5.58. The Balaban J connectivity index is 1.71. The van der Waals surface area contributed by atoms with Gasteiger partial charge in [0.2, 0.25) is 0 Å². The molecule has 7 heteroatoms. The summed E-state index contributed by atoms with van der Waals surface area (Å²) in [6, 6.07) is 14.2. The smallest absolute Gasteiger partial charge is 0.179 e. The number of benzene rings is 2. The third-order valence-electron chi connectivity index (χ3n) is 7.07. The van der Waals surface area contributed by atoms with E-state index in [0.29, 0.717) is 5.82 Å². The maximum Gasteiger partial charge on any atom is 0.179 e. The molecule has 1 unspecified atom stereocenters. The Hall–Kier alpha value is -2.77. The van der Waals surface area contributed by atoms with Crippen LogP contribution in [-0.2, 0) is 17.4 Å². The zero-order valence-corrected chi connectivity index (χ0v) is 16.9. The highest BCUT2D eigenvalue weighted by atomic mass is 16.5. The van der Waals surface area contributed by atoms with E-state index in [1.54, 1.807) is 7.11 Å². The first-order valence-electron chi connectivity index (χ1n) is 9.92. The zero-order valence-electron chi connectivity index (χ0n) is 16.9. The third kappa shape index (κ3) is 2.47. The van der Waals surface area contributed by atoms with E-state index in [2.05, 4.69) is 51.6 Å². The molecule has 1 aliphatic heterocycles. The number of hydrogen-bond acceptors (Lipinski definition) is 6. The number of likely N-dealkylation sites (tertiary alicyclic amines) is 1. The van der Waals surface area contributed by atoms with E-state index in [0.717, 1.165) is 36.3 Å². The summed E-state index contributed by atoms with van der Waals surface area (Å²) in [7, 11) is 3.79. The Morgan fingerprint density at radius 2 is 2.10 bits per heavy atom. The van der Waals surface area contributed by atoms with Crippen LogP contribution in [0.25, 0.3) is 11.4 Å². The molecule has 150 valence electrons. The molecule has 0 spiro atoms. The Bertz CT molecular complexity index is 1050. The molecule has 29 heavy (non-hydrogen) atoms. The topological polar surface area (TPSA) is 87.2 Å². The first-order valence-corrected chi connectivity index (χ1v) is 9.92. The number of rotatable bonds is 3. The maximum absolute atomic E-state index is 12.4. The molecule has 1 saturated heterocycles. The number of nitrogens with one attached hydrogen (secondary N) is 1. The van der Waals surface area contributed by atoms with Crippen molar-refractivity contribution in [3.8, 4) is 17.1 Å². The summed E-state index contributed by atoms with van der Waals surface area (Å²) in [4.78, 5) is 2.29. The number of fused-ring (bicyclic) bond motifs is 4. The number of aliphatic hydroxyl groups is 1. The van der Waals surface area contributed by atoms with Gasteiger partial charge < -0.3 is 9.84 Å². The molecule has 2 N–H and O–H groups in total. The lowest BCUT2D eigenvalue weighted by atomic mass is 9.53. The first kappa shape index (κ1) is 18.3. The summed E-state index contributed by atoms with van der Waals surface area (Å²) >= 11 is 0. The number of methoxy groups -OCH3 is 1. The van der Waals surface area contributed by atoms with Crippen molar-refractivity contribution < 1.29 is 9.84 Å². The van der Waals surface area contributed by atoms with Gasteiger partial charge in [0.05, 0.1) is 7.11 Å². The quantitative estimate of drug-likeness (QED) is 0.712. The minimum Gasteiger partial charge on any atom is -0.497 e. The van der Waals surface area contributed by atoms with E-state index < -0.39 is 11.0 Å². The average molecular weight is 391 g/mol. The first-order chi connectivity index (χ1) is 14.0. The van der Waals surface area contributed by atoms with Crippen molar-refractivity contribution in [3.05, 3.63) is 59.2 Å². The molecule has 0 saturated carbocycles. The maximum atomic E-state index is 12.4. The van der Waals surface area contributed by atoms with E-state index >= 15 is 0 Å². The summed E-state index contributed by atoms with van der Waals surface area (Å²) in [5.74, 6) is 1.42. The van der Waals surface area contributed by atoms with Crippen LogP contribution in [0.3, 0.4) is 0 Å². The second kappa shape index (κ2) is 6.37. The molecular formula is C22H25N5O2. The van der Waals surface area contributed by atoms with Crippen molar-refractivity contribution in [1.29, 1.82) is 0 Å². The van der Waals surface area contributed by atoms with Gasteiger partial charge in [-0.3, -0.25) is 4.90 Å². The minimum atomic E-state index is -1.05. The van der Waals surface area contributed by atoms with E-state index in [4.69, 9.17) is 4.74 Å². The van der Waals surface area contributed by atoms with Crippen LogP contribution in [0.15, 0.2) is 42.5 Å². The highest BCUT2D eigenvalue weighted by Gasteiger charge is 2.60. The van der Waals surface area contributed by atoms with E-state index in [9.17, 15) is 5.11 Å². The fourth-order valence-corrected chi connectivity index (χ4v) is 5.36. The molecule has 0 radical (unpaired) electrons. The van der Waals surface area contributed by atoms with Gasteiger partial charge >= 0.3 is 0 Å². The number of likely N-dealkylation sites (N-methyl/N-ethyl adjacent to an activating group) is 1. The van der Waals surface area contributed by atoms with Crippen molar-refractivity contribution in [3.63, 3.8) is 0 Å². The number of H-pyrrole nitrogens is 1. The fraction of sp³-hybridized carbons (Fsp3) is 0.409. The van der Waals surface area contributed by atoms with Gasteiger partial charge in [-0.15, -0.1) is 5.10 Å². The molecule has 7 nitrogen and oxygen atoms in total. The Kier molecular flexibility index (Phi) is 4.01. The van der Waals surface area contributed by atoms with Crippen LogP contribution in [-0.4, -0.2) is 57.4 Å². The molecule has 2 heterocycles. The lowest BCUT2D eigenvalue weighted by Gasteiger charge is -2.60. The second-order valence-corrected chi connectivity index (χ2v) is 8.40. The molecule has 0 amide bonds. The average Bonchev–Trinajstić information content (AvgIpc) is 3.28. The van der Waals surface area contributed by atoms with Gasteiger partial charge in [-0.05, 0) is 71.8 Å². The van der Waals surface area contributed by atoms with Gasteiger partial charge in [-0.2, -0.15) is 0 Å². The van der Waals surface area contributed by atoms with Crippen LogP contribution in [0.5, 0.6) is 5.75 Å². The number of nitrogens with zero attached hydrogens (tertiary/aromatic N) is 4. The van der Waals surface area contributed by atoms with Crippen molar-refractivity contribution in [2.75, 3.05) is 20.7 Å². The van der Waals surface area contributed by atoms with Crippen LogP contribution in [0, 0.1) is 0 Å². The summed E-state index contributed by atoms with van der Waals surface area (Å²) in [6.07, 6.45) is 1.64. The number of aromatic nitrogens is 4. The largest absolute Gasteiger partial charge is 0.497 e.